The van der Waals surface area contributed by atoms with Gasteiger partial charge in [-0.3, -0.25) is 0 Å². The van der Waals surface area contributed by atoms with Gasteiger partial charge in [0.2, 0.25) is 0 Å². The summed E-state index contributed by atoms with van der Waals surface area (Å²) in [5, 5.41) is 34.2. The van der Waals surface area contributed by atoms with Crippen molar-refractivity contribution in [1.29, 1.82) is 0 Å². The van der Waals surface area contributed by atoms with E-state index in [1.807, 2.05) is 0 Å². The predicted molar refractivity (Wildman–Crippen MR) is 50.6 cm³/mol. The van der Waals surface area contributed by atoms with Crippen LogP contribution in [0.5, 0.6) is 0 Å². The van der Waals surface area contributed by atoms with E-state index in [0.717, 1.165) is 20.8 Å². The van der Waals surface area contributed by atoms with Gasteiger partial charge in [-0.1, -0.05) is 0 Å². The molecule has 0 aliphatic heterocycles. The Balaban J connectivity index is -0.0000000331. The molecule has 0 heterocycles. The second-order valence-corrected chi connectivity index (χ2v) is 1.79. The van der Waals surface area contributed by atoms with Gasteiger partial charge in [0.25, 0.3) is 0 Å². The summed E-state index contributed by atoms with van der Waals surface area (Å²) in [6.07, 6.45) is 0. The smallest absolute Gasteiger partial charge is 0.550 e. The first kappa shape index (κ1) is 29.4. The predicted octanol–water partition coefficient (Wildman–Crippen LogP) is -4.11. The molecule has 0 aromatic carbocycles. The van der Waals surface area contributed by atoms with Crippen LogP contribution in [0.2, 0.25) is 0 Å². The Bertz CT molecular complexity index is 129. The molecule has 0 aliphatic rings. The molecule has 0 rings (SSSR count). The molecule has 0 aliphatic carbocycles. The number of carbonyl (C=O) groups is 3. The van der Waals surface area contributed by atoms with Crippen LogP contribution in [-0.4, -0.2) is 47.0 Å². The first-order chi connectivity index (χ1) is 6.61. The topological polar surface area (TPSA) is 141 Å². The molecule has 92 valence electrons. The fourth-order valence-electron chi connectivity index (χ4n) is 0. The molecule has 8 heteroatoms. The molecule has 0 aromatic heterocycles. The third-order valence-corrected chi connectivity index (χ3v) is 0. The molecule has 0 unspecified atom stereocenters. The molecule has 1 N–H and O–H groups in total. The first-order valence-corrected chi connectivity index (χ1v) is 3.75. The van der Waals surface area contributed by atoms with Gasteiger partial charge in [0.15, 0.2) is 0 Å². The Morgan fingerprint density at radius 2 is 0.875 bits per heavy atom. The molecule has 16 heavy (non-hydrogen) atoms. The van der Waals surface area contributed by atoms with Gasteiger partial charge >= 0.3 is 17.4 Å². The van der Waals surface area contributed by atoms with Crippen LogP contribution in [0.3, 0.4) is 0 Å². The second-order valence-electron chi connectivity index (χ2n) is 1.79. The molecule has 0 fully saturated rings. The van der Waals surface area contributed by atoms with E-state index in [1.165, 1.54) is 0 Å². The fourth-order valence-corrected chi connectivity index (χ4v) is 0. The molecule has 0 bridgehead atoms. The zero-order valence-corrected chi connectivity index (χ0v) is 10.8. The third kappa shape index (κ3) is 1520. The van der Waals surface area contributed by atoms with E-state index in [4.69, 9.17) is 34.8 Å². The molecule has 0 amide bonds. The molecule has 0 atom stereocenters. The normalized spacial score (nSPS) is 5.81. The number of carboxylic acid groups (broad SMARTS) is 3. The van der Waals surface area contributed by atoms with E-state index in [2.05, 4.69) is 0 Å². The van der Waals surface area contributed by atoms with Crippen molar-refractivity contribution in [3.63, 3.8) is 0 Å². The Kier molecular flexibility index (Phi) is 53.6. The van der Waals surface area contributed by atoms with Crippen LogP contribution < -0.4 is 15.3 Å². The van der Waals surface area contributed by atoms with Crippen LogP contribution in [0, 0.1) is 0 Å². The largest absolute Gasteiger partial charge is 3.00 e. The van der Waals surface area contributed by atoms with E-state index in [9.17, 15) is 0 Å². The molecule has 0 aromatic rings. The monoisotopic (exact) mass is 250 g/mol. The number of rotatable bonds is 0. The molecule has 0 saturated carbocycles. The molecule has 0 spiro atoms. The summed E-state index contributed by atoms with van der Waals surface area (Å²) in [7, 11) is 0. The van der Waals surface area contributed by atoms with E-state index >= 15 is 0 Å². The van der Waals surface area contributed by atoms with Crippen molar-refractivity contribution in [1.82, 2.24) is 0 Å². The Labute approximate surface area is 105 Å². The molecule has 0 saturated heterocycles. The summed E-state index contributed by atoms with van der Waals surface area (Å²) >= 11 is 0. The van der Waals surface area contributed by atoms with E-state index < -0.39 is 17.9 Å². The zero-order valence-electron chi connectivity index (χ0n) is 9.68. The number of hydrogen-bond acceptors (Lipinski definition) is 7. The first-order valence-electron chi connectivity index (χ1n) is 3.75. The Morgan fingerprint density at radius 3 is 0.875 bits per heavy atom. The Hall–Kier alpha value is -1.10. The van der Waals surface area contributed by atoms with Gasteiger partial charge in [0.1, 0.15) is 0 Å². The van der Waals surface area contributed by atoms with Crippen molar-refractivity contribution in [2.24, 2.45) is 0 Å². The van der Waals surface area contributed by atoms with E-state index in [0.29, 0.717) is 0 Å². The molecular weight excluding hydrogens is 235 g/mol. The maximum absolute atomic E-state index is 8.89. The van der Waals surface area contributed by atoms with E-state index in [-0.39, 0.29) is 24.0 Å². The van der Waals surface area contributed by atoms with Gasteiger partial charge in [0.05, 0.1) is 0 Å². The minimum Gasteiger partial charge on any atom is -0.550 e. The van der Waals surface area contributed by atoms with Gasteiger partial charge in [0, 0.05) is 24.5 Å². The van der Waals surface area contributed by atoms with E-state index in [1.54, 1.807) is 6.92 Å². The van der Waals surface area contributed by atoms with Gasteiger partial charge in [-0.2, -0.15) is 0 Å². The summed E-state index contributed by atoms with van der Waals surface area (Å²) in [5.41, 5.74) is 0. The fraction of sp³-hybridized carbons (Fsp3) is 0.625. The van der Waals surface area contributed by atoms with Crippen molar-refractivity contribution in [2.45, 2.75) is 27.7 Å². The number of hydrogen-bond donors (Lipinski definition) is 1. The van der Waals surface area contributed by atoms with Crippen molar-refractivity contribution >= 4 is 35.3 Å². The van der Waals surface area contributed by atoms with Crippen LogP contribution in [0.4, 0.5) is 0 Å². The molecule has 0 radical (unpaired) electrons. The minimum absolute atomic E-state index is 0. The van der Waals surface area contributed by atoms with Crippen molar-refractivity contribution < 1.29 is 34.8 Å². The number of carboxylic acids is 3. The third-order valence-electron chi connectivity index (χ3n) is 0. The standard InChI is InChI=1S/3C2H4O2.C2H6O.Al/c3*1-2(3)4;1-2-3;/h3*1H3,(H,3,4);3H,2H2,1H3;/q;;;;+3/p-3. The quantitative estimate of drug-likeness (QED) is 0.430. The maximum Gasteiger partial charge on any atom is 3.00 e. The van der Waals surface area contributed by atoms with Crippen LogP contribution >= 0.6 is 0 Å². The maximum atomic E-state index is 8.89. The summed E-state index contributed by atoms with van der Waals surface area (Å²) in [6, 6.07) is 0. The van der Waals surface area contributed by atoms with Gasteiger partial charge in [-0.25, -0.2) is 0 Å². The average molecular weight is 250 g/mol. The Morgan fingerprint density at radius 1 is 0.875 bits per heavy atom. The summed E-state index contributed by atoms with van der Waals surface area (Å²) in [4.78, 5) is 26.7. The zero-order chi connectivity index (χ0) is 13.4. The number of aliphatic hydroxyl groups is 1. The number of aliphatic carboxylic acids is 3. The summed E-state index contributed by atoms with van der Waals surface area (Å²) < 4.78 is 0. The van der Waals surface area contributed by atoms with Crippen LogP contribution in [-0.2, 0) is 14.4 Å². The molecule has 7 nitrogen and oxygen atoms in total. The van der Waals surface area contributed by atoms with Gasteiger partial charge in [-0.05, 0) is 27.7 Å². The van der Waals surface area contributed by atoms with Gasteiger partial charge in [-0.15, -0.1) is 0 Å². The minimum atomic E-state index is -1.08. The summed E-state index contributed by atoms with van der Waals surface area (Å²) in [6.45, 7) is 4.85. The molecular formula is C8H15AlO7. The van der Waals surface area contributed by atoms with Gasteiger partial charge < -0.3 is 34.8 Å². The van der Waals surface area contributed by atoms with Crippen LogP contribution in [0.25, 0.3) is 0 Å². The number of aliphatic hydroxyl groups excluding tert-OH is 1. The van der Waals surface area contributed by atoms with Crippen molar-refractivity contribution in [3.8, 4) is 0 Å². The summed E-state index contributed by atoms with van der Waals surface area (Å²) in [5.74, 6) is -3.25. The average Bonchev–Trinajstić information content (AvgIpc) is 1.81. The van der Waals surface area contributed by atoms with Crippen molar-refractivity contribution in [2.75, 3.05) is 6.61 Å². The van der Waals surface area contributed by atoms with Crippen molar-refractivity contribution in [3.05, 3.63) is 0 Å². The second kappa shape index (κ2) is 29.2. The number of carbonyl (C=O) groups excluding carboxylic acids is 3. The van der Waals surface area contributed by atoms with Crippen LogP contribution in [0.15, 0.2) is 0 Å². The SMILES string of the molecule is CC(=O)[O-].CC(=O)[O-].CC(=O)[O-].CCO.[Al+3]. The van der Waals surface area contributed by atoms with Crippen LogP contribution in [0.1, 0.15) is 27.7 Å².